The predicted molar refractivity (Wildman–Crippen MR) is 41.3 cm³/mol. The second kappa shape index (κ2) is 3.17. The van der Waals surface area contributed by atoms with Crippen LogP contribution in [-0.2, 0) is 0 Å². The van der Waals surface area contributed by atoms with Gasteiger partial charge in [0.05, 0.1) is 5.56 Å². The Bertz CT molecular complexity index is 302. The third kappa shape index (κ3) is 1.34. The first kappa shape index (κ1) is 8.45. The lowest BCUT2D eigenvalue weighted by Gasteiger charge is -2.01. The van der Waals surface area contributed by atoms with Gasteiger partial charge in [-0.3, -0.25) is 0 Å². The Hall–Kier alpha value is -1.65. The number of hydrogen-bond donors (Lipinski definition) is 2. The van der Waals surface area contributed by atoms with Crippen molar-refractivity contribution in [2.45, 2.75) is 0 Å². The van der Waals surface area contributed by atoms with E-state index >= 15 is 0 Å². The molecule has 3 nitrogen and oxygen atoms in total. The van der Waals surface area contributed by atoms with Crippen LogP contribution in [0.3, 0.4) is 0 Å². The van der Waals surface area contributed by atoms with E-state index in [1.54, 1.807) is 0 Å². The largest absolute Gasteiger partial charge is 0.382 e. The fraction of sp³-hybridized carbons (Fsp3) is 0. The third-order valence-electron chi connectivity index (χ3n) is 1.36. The fourth-order valence-corrected chi connectivity index (χ4v) is 0.807. The van der Waals surface area contributed by atoms with Crippen LogP contribution in [0.25, 0.3) is 0 Å². The molecule has 1 rings (SSSR count). The maximum atomic E-state index is 12.8. The molecule has 0 bridgehead atoms. The van der Waals surface area contributed by atoms with Gasteiger partial charge in [-0.25, -0.2) is 8.78 Å². The lowest BCUT2D eigenvalue weighted by molar-refractivity contribution is 0.578. The number of amidine groups is 1. The van der Waals surface area contributed by atoms with Gasteiger partial charge < -0.3 is 11.6 Å². The summed E-state index contributed by atoms with van der Waals surface area (Å²) in [5.41, 5.74) is 4.75. The van der Waals surface area contributed by atoms with Gasteiger partial charge >= 0.3 is 0 Å². The highest BCUT2D eigenvalue weighted by molar-refractivity contribution is 5.97. The van der Waals surface area contributed by atoms with E-state index in [0.717, 1.165) is 12.1 Å². The number of hydrogen-bond acceptors (Lipinski definition) is 2. The Morgan fingerprint density at radius 3 is 2.17 bits per heavy atom. The number of benzene rings is 1. The first-order valence-electron chi connectivity index (χ1n) is 3.14. The fourth-order valence-electron chi connectivity index (χ4n) is 0.807. The highest BCUT2D eigenvalue weighted by Gasteiger charge is 2.11. The van der Waals surface area contributed by atoms with E-state index < -0.39 is 11.6 Å². The van der Waals surface area contributed by atoms with Gasteiger partial charge in [0.2, 0.25) is 0 Å². The summed E-state index contributed by atoms with van der Waals surface area (Å²) in [7, 11) is 0. The van der Waals surface area contributed by atoms with E-state index in [4.69, 9.17) is 11.6 Å². The highest BCUT2D eigenvalue weighted by atomic mass is 19.1. The zero-order valence-electron chi connectivity index (χ0n) is 6.09. The topological polar surface area (TPSA) is 64.4 Å². The first-order chi connectivity index (χ1) is 5.66. The molecule has 0 saturated heterocycles. The molecule has 0 aliphatic rings. The molecule has 0 amide bonds. The van der Waals surface area contributed by atoms with Crippen molar-refractivity contribution >= 4 is 5.84 Å². The molecule has 64 valence electrons. The Kier molecular flexibility index (Phi) is 2.23. The first-order valence-corrected chi connectivity index (χ1v) is 3.14. The smallest absolute Gasteiger partial charge is 0.156 e. The van der Waals surface area contributed by atoms with E-state index in [-0.39, 0.29) is 11.4 Å². The van der Waals surface area contributed by atoms with E-state index in [2.05, 4.69) is 5.10 Å². The maximum Gasteiger partial charge on any atom is 0.156 e. The number of rotatable bonds is 1. The van der Waals surface area contributed by atoms with Crippen molar-refractivity contribution in [3.8, 4) is 0 Å². The molecule has 0 unspecified atom stereocenters. The summed E-state index contributed by atoms with van der Waals surface area (Å²) in [5.74, 6) is 2.86. The molecule has 0 heterocycles. The minimum absolute atomic E-state index is 0.356. The number of nitrogens with two attached hydrogens (primary N) is 2. The molecule has 1 aromatic carbocycles. The molecule has 12 heavy (non-hydrogen) atoms. The van der Waals surface area contributed by atoms with Crippen LogP contribution in [0, 0.1) is 11.6 Å². The van der Waals surface area contributed by atoms with Crippen LogP contribution >= 0.6 is 0 Å². The Balaban J connectivity index is 3.31. The van der Waals surface area contributed by atoms with Crippen LogP contribution in [0.2, 0.25) is 0 Å². The summed E-state index contributed by atoms with van der Waals surface area (Å²) in [5, 5.41) is 2.99. The van der Waals surface area contributed by atoms with Crippen molar-refractivity contribution in [3.63, 3.8) is 0 Å². The average molecular weight is 171 g/mol. The van der Waals surface area contributed by atoms with E-state index in [1.165, 1.54) is 6.07 Å². The van der Waals surface area contributed by atoms with Crippen molar-refractivity contribution in [2.75, 3.05) is 0 Å². The second-order valence-electron chi connectivity index (χ2n) is 2.11. The Morgan fingerprint density at radius 2 is 1.75 bits per heavy atom. The Morgan fingerprint density at radius 1 is 1.25 bits per heavy atom. The van der Waals surface area contributed by atoms with Crippen molar-refractivity contribution in [3.05, 3.63) is 35.4 Å². The third-order valence-corrected chi connectivity index (χ3v) is 1.36. The molecular formula is C7H7F2N3. The van der Waals surface area contributed by atoms with E-state index in [9.17, 15) is 8.78 Å². The summed E-state index contributed by atoms with van der Waals surface area (Å²) in [6.45, 7) is 0. The lowest BCUT2D eigenvalue weighted by Crippen LogP contribution is -2.19. The van der Waals surface area contributed by atoms with Crippen molar-refractivity contribution in [2.24, 2.45) is 16.7 Å². The summed E-state index contributed by atoms with van der Waals surface area (Å²) >= 11 is 0. The molecule has 1 aromatic rings. The van der Waals surface area contributed by atoms with Crippen LogP contribution in [0.15, 0.2) is 23.3 Å². The van der Waals surface area contributed by atoms with Gasteiger partial charge in [0.1, 0.15) is 11.6 Å². The van der Waals surface area contributed by atoms with Crippen LogP contribution in [0.5, 0.6) is 0 Å². The summed E-state index contributed by atoms with van der Waals surface area (Å²) in [6, 6.07) is 3.39. The SMILES string of the molecule is N/N=C(/N)c1c(F)cccc1F. The minimum Gasteiger partial charge on any atom is -0.382 e. The summed E-state index contributed by atoms with van der Waals surface area (Å²) in [6.07, 6.45) is 0. The lowest BCUT2D eigenvalue weighted by atomic mass is 10.2. The monoisotopic (exact) mass is 171 g/mol. The van der Waals surface area contributed by atoms with E-state index in [0.29, 0.717) is 0 Å². The van der Waals surface area contributed by atoms with Crippen LogP contribution in [-0.4, -0.2) is 5.84 Å². The summed E-state index contributed by atoms with van der Waals surface area (Å²) in [4.78, 5) is 0. The molecule has 0 aliphatic heterocycles. The van der Waals surface area contributed by atoms with Crippen LogP contribution in [0.1, 0.15) is 5.56 Å². The van der Waals surface area contributed by atoms with Gasteiger partial charge in [-0.1, -0.05) is 6.07 Å². The maximum absolute atomic E-state index is 12.8. The molecule has 0 aromatic heterocycles. The molecule has 0 aliphatic carbocycles. The molecule has 0 saturated carbocycles. The van der Waals surface area contributed by atoms with Gasteiger partial charge in [0.25, 0.3) is 0 Å². The molecular weight excluding hydrogens is 164 g/mol. The summed E-state index contributed by atoms with van der Waals surface area (Å²) < 4.78 is 25.7. The quantitative estimate of drug-likeness (QED) is 0.280. The predicted octanol–water partition coefficient (Wildman–Crippen LogP) is 0.544. The van der Waals surface area contributed by atoms with Gasteiger partial charge in [0, 0.05) is 0 Å². The molecule has 4 N–H and O–H groups in total. The van der Waals surface area contributed by atoms with E-state index in [1.807, 2.05) is 0 Å². The number of hydrazone groups is 1. The average Bonchev–Trinajstić information content (AvgIpc) is 2.03. The normalized spacial score (nSPS) is 11.7. The molecule has 0 radical (unpaired) electrons. The molecule has 0 spiro atoms. The minimum atomic E-state index is -0.776. The van der Waals surface area contributed by atoms with Gasteiger partial charge in [0.15, 0.2) is 5.84 Å². The van der Waals surface area contributed by atoms with Gasteiger partial charge in [-0.15, -0.1) is 0 Å². The van der Waals surface area contributed by atoms with Crippen molar-refractivity contribution in [1.29, 1.82) is 0 Å². The zero-order valence-corrected chi connectivity index (χ0v) is 6.09. The number of halogens is 2. The Labute approximate surface area is 67.7 Å². The molecule has 5 heteroatoms. The van der Waals surface area contributed by atoms with Crippen LogP contribution in [0.4, 0.5) is 8.78 Å². The zero-order chi connectivity index (χ0) is 9.14. The van der Waals surface area contributed by atoms with Crippen LogP contribution < -0.4 is 11.6 Å². The van der Waals surface area contributed by atoms with Crippen molar-refractivity contribution in [1.82, 2.24) is 0 Å². The second-order valence-corrected chi connectivity index (χ2v) is 2.11. The molecule has 0 atom stereocenters. The highest BCUT2D eigenvalue weighted by Crippen LogP contribution is 2.10. The standard InChI is InChI=1S/C7H7F2N3/c8-4-2-1-3-5(9)6(4)7(10)12-11/h1-3H,11H2,(H2,10,12). The van der Waals surface area contributed by atoms with Crippen molar-refractivity contribution < 1.29 is 8.78 Å². The van der Waals surface area contributed by atoms with Gasteiger partial charge in [-0.2, -0.15) is 5.10 Å². The number of nitrogens with zero attached hydrogens (tertiary/aromatic N) is 1. The van der Waals surface area contributed by atoms with Gasteiger partial charge in [-0.05, 0) is 12.1 Å². The molecule has 0 fully saturated rings.